The van der Waals surface area contributed by atoms with Crippen LogP contribution < -0.4 is 10.6 Å². The third-order valence-electron chi connectivity index (χ3n) is 3.38. The Morgan fingerprint density at radius 3 is 3.29 bits per heavy atom. The quantitative estimate of drug-likeness (QED) is 0.755. The van der Waals surface area contributed by atoms with Crippen molar-refractivity contribution in [2.45, 2.75) is 25.6 Å². The topological polar surface area (TPSA) is 91.9 Å². The van der Waals surface area contributed by atoms with Crippen molar-refractivity contribution in [1.82, 2.24) is 25.6 Å². The predicted octanol–water partition coefficient (Wildman–Crippen LogP) is 0.713. The number of aromatic amines is 1. The average molecular weight is 354 g/mol. The molecular weight excluding hydrogens is 338 g/mol. The maximum atomic E-state index is 12.1. The number of carbonyl (C=O) groups is 1. The van der Waals surface area contributed by atoms with Crippen LogP contribution in [0.1, 0.15) is 12.7 Å². The number of ether oxygens (including phenoxy) is 1. The molecule has 7 nitrogen and oxygen atoms in total. The van der Waals surface area contributed by atoms with Crippen LogP contribution in [-0.4, -0.2) is 46.2 Å². The fraction of sp³-hybridized carbons (Fsp3) is 0.462. The van der Waals surface area contributed by atoms with Crippen LogP contribution in [0.4, 0.5) is 0 Å². The number of nitrogens with zero attached hydrogens (tertiary/aromatic N) is 2. The van der Waals surface area contributed by atoms with E-state index >= 15 is 0 Å². The molecule has 2 aromatic rings. The van der Waals surface area contributed by atoms with E-state index in [4.69, 9.17) is 4.74 Å². The highest BCUT2D eigenvalue weighted by Crippen LogP contribution is 2.15. The summed E-state index contributed by atoms with van der Waals surface area (Å²) in [6, 6.07) is 1.58. The van der Waals surface area contributed by atoms with E-state index in [9.17, 15) is 4.79 Å². The van der Waals surface area contributed by atoms with E-state index in [2.05, 4.69) is 41.5 Å². The maximum Gasteiger partial charge on any atom is 0.240 e. The summed E-state index contributed by atoms with van der Waals surface area (Å²) < 4.78 is 6.34. The Kier molecular flexibility index (Phi) is 4.18. The predicted molar refractivity (Wildman–Crippen MR) is 80.6 cm³/mol. The van der Waals surface area contributed by atoms with Crippen LogP contribution in [0.3, 0.4) is 0 Å². The number of amides is 1. The number of nitrogens with one attached hydrogen (secondary N) is 3. The number of hydrogen-bond acceptors (Lipinski definition) is 5. The minimum atomic E-state index is -0.324. The normalized spacial score (nSPS) is 22.4. The number of morpholine rings is 1. The molecule has 0 aromatic carbocycles. The zero-order valence-electron chi connectivity index (χ0n) is 11.5. The molecule has 1 aliphatic heterocycles. The van der Waals surface area contributed by atoms with Crippen LogP contribution in [0.15, 0.2) is 16.7 Å². The molecule has 21 heavy (non-hydrogen) atoms. The van der Waals surface area contributed by atoms with Crippen LogP contribution in [0.5, 0.6) is 0 Å². The lowest BCUT2D eigenvalue weighted by Crippen LogP contribution is -2.55. The molecule has 0 unspecified atom stereocenters. The van der Waals surface area contributed by atoms with E-state index in [0.717, 1.165) is 9.99 Å². The second kappa shape index (κ2) is 6.08. The minimum absolute atomic E-state index is 0.0863. The van der Waals surface area contributed by atoms with Gasteiger partial charge >= 0.3 is 0 Å². The van der Waals surface area contributed by atoms with Crippen molar-refractivity contribution < 1.29 is 9.53 Å². The fourth-order valence-electron chi connectivity index (χ4n) is 2.32. The Morgan fingerprint density at radius 1 is 1.62 bits per heavy atom. The summed E-state index contributed by atoms with van der Waals surface area (Å²) >= 11 is 3.36. The molecule has 2 atom stereocenters. The van der Waals surface area contributed by atoms with Crippen LogP contribution >= 0.6 is 15.9 Å². The van der Waals surface area contributed by atoms with Gasteiger partial charge in [-0.2, -0.15) is 0 Å². The summed E-state index contributed by atoms with van der Waals surface area (Å²) in [4.78, 5) is 23.8. The van der Waals surface area contributed by atoms with Crippen LogP contribution in [0.25, 0.3) is 11.2 Å². The number of aromatic nitrogens is 3. The highest BCUT2D eigenvalue weighted by molar-refractivity contribution is 9.10. The highest BCUT2D eigenvalue weighted by atomic mass is 79.9. The molecule has 8 heteroatoms. The van der Waals surface area contributed by atoms with Gasteiger partial charge in [0.25, 0.3) is 0 Å². The molecule has 0 radical (unpaired) electrons. The second-order valence-corrected chi connectivity index (χ2v) is 5.85. The van der Waals surface area contributed by atoms with Gasteiger partial charge in [0.1, 0.15) is 11.9 Å². The number of carbonyl (C=O) groups excluding carboxylic acids is 1. The second-order valence-electron chi connectivity index (χ2n) is 4.93. The van der Waals surface area contributed by atoms with Crippen molar-refractivity contribution in [3.8, 4) is 0 Å². The first-order chi connectivity index (χ1) is 10.1. The first kappa shape index (κ1) is 14.4. The van der Waals surface area contributed by atoms with E-state index in [1.165, 1.54) is 0 Å². The molecule has 0 saturated carbocycles. The monoisotopic (exact) mass is 353 g/mol. The molecule has 0 spiro atoms. The molecule has 1 saturated heterocycles. The number of H-pyrrole nitrogens is 1. The average Bonchev–Trinajstić information content (AvgIpc) is 2.87. The van der Waals surface area contributed by atoms with Crippen molar-refractivity contribution >= 4 is 33.0 Å². The molecule has 1 aliphatic rings. The summed E-state index contributed by atoms with van der Waals surface area (Å²) in [5, 5.41) is 6.01. The smallest absolute Gasteiger partial charge is 0.240 e. The Morgan fingerprint density at radius 2 is 2.48 bits per heavy atom. The van der Waals surface area contributed by atoms with Crippen molar-refractivity contribution in [3.63, 3.8) is 0 Å². The number of halogens is 1. The Bertz CT molecular complexity index is 659. The van der Waals surface area contributed by atoms with Crippen molar-refractivity contribution in [2.75, 3.05) is 13.2 Å². The molecule has 0 bridgehead atoms. The Hall–Kier alpha value is -1.51. The first-order valence-corrected chi connectivity index (χ1v) is 7.55. The maximum absolute atomic E-state index is 12.1. The third kappa shape index (κ3) is 3.22. The van der Waals surface area contributed by atoms with Gasteiger partial charge in [0.05, 0.1) is 24.8 Å². The molecule has 112 valence electrons. The minimum Gasteiger partial charge on any atom is -0.375 e. The summed E-state index contributed by atoms with van der Waals surface area (Å²) in [7, 11) is 0. The lowest BCUT2D eigenvalue weighted by Gasteiger charge is -2.29. The van der Waals surface area contributed by atoms with Gasteiger partial charge in [-0.3, -0.25) is 4.79 Å². The largest absolute Gasteiger partial charge is 0.375 e. The van der Waals surface area contributed by atoms with E-state index in [-0.39, 0.29) is 18.1 Å². The van der Waals surface area contributed by atoms with E-state index < -0.39 is 0 Å². The van der Waals surface area contributed by atoms with Gasteiger partial charge in [-0.05, 0) is 28.9 Å². The van der Waals surface area contributed by atoms with Crippen LogP contribution in [-0.2, 0) is 16.1 Å². The van der Waals surface area contributed by atoms with Gasteiger partial charge < -0.3 is 20.4 Å². The van der Waals surface area contributed by atoms with Gasteiger partial charge in [0, 0.05) is 17.2 Å². The number of fused-ring (bicyclic) bond motifs is 1. The Labute approximate surface area is 130 Å². The SMILES string of the molecule is C[C@H]1OCCN[C@@H]1C(=O)NCc1nc2ncc(Br)cc2[nH]1. The molecule has 3 rings (SSSR count). The van der Waals surface area contributed by atoms with Crippen molar-refractivity contribution in [3.05, 3.63) is 22.6 Å². The molecule has 0 aliphatic carbocycles. The van der Waals surface area contributed by atoms with E-state index in [1.54, 1.807) is 6.20 Å². The number of hydrogen-bond donors (Lipinski definition) is 3. The third-order valence-corrected chi connectivity index (χ3v) is 3.82. The lowest BCUT2D eigenvalue weighted by molar-refractivity contribution is -0.129. The Balaban J connectivity index is 1.64. The van der Waals surface area contributed by atoms with Gasteiger partial charge in [0.2, 0.25) is 5.91 Å². The van der Waals surface area contributed by atoms with Gasteiger partial charge in [0.15, 0.2) is 5.65 Å². The molecule has 3 heterocycles. The summed E-state index contributed by atoms with van der Waals surface area (Å²) in [6.07, 6.45) is 1.56. The van der Waals surface area contributed by atoms with Crippen molar-refractivity contribution in [2.24, 2.45) is 0 Å². The fourth-order valence-corrected chi connectivity index (χ4v) is 2.65. The van der Waals surface area contributed by atoms with E-state index in [1.807, 2.05) is 13.0 Å². The summed E-state index contributed by atoms with van der Waals surface area (Å²) in [5.41, 5.74) is 1.47. The van der Waals surface area contributed by atoms with E-state index in [0.29, 0.717) is 31.2 Å². The zero-order valence-corrected chi connectivity index (χ0v) is 13.1. The number of pyridine rings is 1. The standard InChI is InChI=1S/C13H16BrN5O2/c1-7-11(15-2-3-21-7)13(20)17-6-10-18-9-4-8(14)5-16-12(9)19-10/h4-5,7,11,15H,2-3,6H2,1H3,(H,17,20)(H,16,18,19)/t7-,11+/m1/s1. The molecule has 1 amide bonds. The van der Waals surface area contributed by atoms with Crippen molar-refractivity contribution in [1.29, 1.82) is 0 Å². The molecule has 3 N–H and O–H groups in total. The zero-order chi connectivity index (χ0) is 14.8. The van der Waals surface area contributed by atoms with Gasteiger partial charge in [-0.25, -0.2) is 9.97 Å². The molecule has 1 fully saturated rings. The van der Waals surface area contributed by atoms with Crippen LogP contribution in [0, 0.1) is 0 Å². The summed E-state index contributed by atoms with van der Waals surface area (Å²) in [5.74, 6) is 0.588. The van der Waals surface area contributed by atoms with Crippen LogP contribution in [0.2, 0.25) is 0 Å². The molecular formula is C13H16BrN5O2. The number of imidazole rings is 1. The van der Waals surface area contributed by atoms with Gasteiger partial charge in [-0.15, -0.1) is 0 Å². The lowest BCUT2D eigenvalue weighted by atomic mass is 10.1. The number of rotatable bonds is 3. The molecule has 2 aromatic heterocycles. The highest BCUT2D eigenvalue weighted by Gasteiger charge is 2.28. The summed E-state index contributed by atoms with van der Waals surface area (Å²) in [6.45, 7) is 3.54. The van der Waals surface area contributed by atoms with Gasteiger partial charge in [-0.1, -0.05) is 0 Å². The first-order valence-electron chi connectivity index (χ1n) is 6.76.